The molecule has 0 fully saturated rings. The van der Waals surface area contributed by atoms with Crippen molar-refractivity contribution in [3.8, 4) is 5.75 Å². The number of hydrogen-bond donors (Lipinski definition) is 3. The fourth-order valence-corrected chi connectivity index (χ4v) is 4.87. The van der Waals surface area contributed by atoms with Gasteiger partial charge in [0.2, 0.25) is 21.9 Å². The Morgan fingerprint density at radius 1 is 1.09 bits per heavy atom. The van der Waals surface area contributed by atoms with Crippen LogP contribution in [-0.2, 0) is 21.2 Å². The van der Waals surface area contributed by atoms with Crippen LogP contribution >= 0.6 is 11.6 Å². The smallest absolute Gasteiger partial charge is 0.247 e. The second kappa shape index (κ2) is 14.4. The number of hydrogen-bond acceptors (Lipinski definition) is 10. The van der Waals surface area contributed by atoms with Crippen molar-refractivity contribution in [2.45, 2.75) is 13.3 Å². The Morgan fingerprint density at radius 3 is 2.42 bits per heavy atom. The maximum absolute atomic E-state index is 12.4. The van der Waals surface area contributed by atoms with Gasteiger partial charge in [0.1, 0.15) is 10.8 Å². The van der Waals surface area contributed by atoms with Crippen LogP contribution in [0.1, 0.15) is 12.5 Å². The summed E-state index contributed by atoms with van der Waals surface area (Å²) in [6.45, 7) is 7.00. The first kappa shape index (κ1) is 33.4. The first-order valence-electron chi connectivity index (χ1n) is 13.4. The molecular weight excluding hydrogens is 592 g/mol. The fraction of sp³-hybridized carbons (Fsp3) is 0.345. The van der Waals surface area contributed by atoms with Crippen molar-refractivity contribution in [3.05, 3.63) is 59.8 Å². The summed E-state index contributed by atoms with van der Waals surface area (Å²) in [6, 6.07) is 9.00. The van der Waals surface area contributed by atoms with Gasteiger partial charge in [0.25, 0.3) is 0 Å². The minimum absolute atomic E-state index is 0.185. The van der Waals surface area contributed by atoms with E-state index >= 15 is 0 Å². The van der Waals surface area contributed by atoms with Crippen LogP contribution in [0.15, 0.2) is 49.2 Å². The van der Waals surface area contributed by atoms with E-state index in [1.165, 1.54) is 23.6 Å². The molecule has 0 saturated carbocycles. The van der Waals surface area contributed by atoms with Crippen LogP contribution < -0.4 is 29.9 Å². The van der Waals surface area contributed by atoms with Gasteiger partial charge in [-0.25, -0.2) is 13.4 Å². The molecule has 43 heavy (non-hydrogen) atoms. The maximum atomic E-state index is 12.4. The van der Waals surface area contributed by atoms with Gasteiger partial charge in [-0.05, 0) is 44.3 Å². The lowest BCUT2D eigenvalue weighted by Crippen LogP contribution is -2.29. The van der Waals surface area contributed by atoms with Crippen molar-refractivity contribution < 1.29 is 17.9 Å². The molecule has 1 aromatic heterocycles. The van der Waals surface area contributed by atoms with Crippen LogP contribution in [0.3, 0.4) is 0 Å². The number of likely N-dealkylation sites (N-methyl/N-ethyl adjacent to an activating group) is 2. The van der Waals surface area contributed by atoms with E-state index in [4.69, 9.17) is 16.3 Å². The number of halogens is 1. The quantitative estimate of drug-likeness (QED) is 0.215. The first-order chi connectivity index (χ1) is 20.3. The molecule has 0 bridgehead atoms. The normalized spacial score (nSPS) is 11.2. The Labute approximate surface area is 258 Å². The molecule has 3 N–H and O–H groups in total. The summed E-state index contributed by atoms with van der Waals surface area (Å²) < 4.78 is 31.7. The lowest BCUT2D eigenvalue weighted by atomic mass is 10.1. The number of para-hydroxylation sites is 1. The monoisotopic (exact) mass is 630 g/mol. The Hall–Kier alpha value is -4.07. The van der Waals surface area contributed by atoms with Crippen molar-refractivity contribution in [2.24, 2.45) is 0 Å². The van der Waals surface area contributed by atoms with Crippen molar-refractivity contribution in [1.29, 1.82) is 0 Å². The van der Waals surface area contributed by atoms with Crippen LogP contribution in [0.2, 0.25) is 5.02 Å². The van der Waals surface area contributed by atoms with E-state index in [9.17, 15) is 13.2 Å². The highest BCUT2D eigenvalue weighted by atomic mass is 35.5. The molecule has 0 aliphatic heterocycles. The van der Waals surface area contributed by atoms with Crippen LogP contribution in [0, 0.1) is 0 Å². The predicted molar refractivity (Wildman–Crippen MR) is 176 cm³/mol. The van der Waals surface area contributed by atoms with Gasteiger partial charge in [-0.3, -0.25) is 9.10 Å². The largest absolute Gasteiger partial charge is 0.494 e. The van der Waals surface area contributed by atoms with Gasteiger partial charge in [0.05, 0.1) is 48.0 Å². The Bertz CT molecular complexity index is 1580. The number of amides is 1. The van der Waals surface area contributed by atoms with E-state index < -0.39 is 10.0 Å². The average Bonchev–Trinajstić information content (AvgIpc) is 2.96. The van der Waals surface area contributed by atoms with Gasteiger partial charge in [-0.15, -0.1) is 0 Å². The van der Waals surface area contributed by atoms with E-state index in [2.05, 4.69) is 37.4 Å². The van der Waals surface area contributed by atoms with Gasteiger partial charge < -0.3 is 30.5 Å². The highest BCUT2D eigenvalue weighted by Crippen LogP contribution is 2.39. The summed E-state index contributed by atoms with van der Waals surface area (Å²) in [6.07, 6.45) is 4.39. The highest BCUT2D eigenvalue weighted by Gasteiger charge is 2.21. The molecule has 0 radical (unpaired) electrons. The SMILES string of the molecule is C=CC(=O)Nc1cc(Nc2ncc(Cl)c(Nc3cccc(CC)c3N(C)S(C)(=O)=O)n2)c(OC)cc1N(C)CCN(C)C. The number of methoxy groups -OCH3 is 1. The molecule has 0 unspecified atom stereocenters. The predicted octanol–water partition coefficient (Wildman–Crippen LogP) is 4.71. The number of ether oxygens (including phenoxy) is 1. The van der Waals surface area contributed by atoms with E-state index in [-0.39, 0.29) is 22.7 Å². The van der Waals surface area contributed by atoms with E-state index in [0.29, 0.717) is 41.5 Å². The molecule has 12 nitrogen and oxygen atoms in total. The molecule has 232 valence electrons. The van der Waals surface area contributed by atoms with E-state index in [1.54, 1.807) is 19.2 Å². The molecule has 3 rings (SSSR count). The molecular formula is C29H39ClN8O4S. The third-order valence-corrected chi connectivity index (χ3v) is 8.07. The molecule has 0 aliphatic carbocycles. The molecule has 0 saturated heterocycles. The third-order valence-electron chi connectivity index (χ3n) is 6.61. The van der Waals surface area contributed by atoms with Crippen LogP contribution in [0.25, 0.3) is 0 Å². The highest BCUT2D eigenvalue weighted by molar-refractivity contribution is 7.92. The number of aryl methyl sites for hydroxylation is 1. The van der Waals surface area contributed by atoms with Crippen LogP contribution in [0.4, 0.5) is 40.2 Å². The summed E-state index contributed by atoms with van der Waals surface area (Å²) in [4.78, 5) is 25.2. The zero-order valence-corrected chi connectivity index (χ0v) is 27.1. The molecule has 0 aliphatic rings. The summed E-state index contributed by atoms with van der Waals surface area (Å²) in [5.41, 5.74) is 3.61. The van der Waals surface area contributed by atoms with Crippen molar-refractivity contribution >= 4 is 67.7 Å². The lowest BCUT2D eigenvalue weighted by Gasteiger charge is -2.26. The number of carbonyl (C=O) groups excluding carboxylic acids is 1. The average molecular weight is 631 g/mol. The Kier molecular flexibility index (Phi) is 11.2. The molecule has 0 spiro atoms. The van der Waals surface area contributed by atoms with E-state index in [1.807, 2.05) is 51.2 Å². The van der Waals surface area contributed by atoms with Crippen LogP contribution in [-0.4, -0.2) is 83.8 Å². The summed E-state index contributed by atoms with van der Waals surface area (Å²) in [5.74, 6) is 0.570. The number of anilines is 7. The minimum Gasteiger partial charge on any atom is -0.494 e. The number of carbonyl (C=O) groups is 1. The number of nitrogens with zero attached hydrogens (tertiary/aromatic N) is 5. The Morgan fingerprint density at radius 2 is 1.81 bits per heavy atom. The maximum Gasteiger partial charge on any atom is 0.247 e. The van der Waals surface area contributed by atoms with Crippen molar-refractivity contribution in [2.75, 3.05) is 79.8 Å². The Balaban J connectivity index is 2.03. The molecule has 2 aromatic carbocycles. The van der Waals surface area contributed by atoms with Crippen LogP contribution in [0.5, 0.6) is 5.75 Å². The van der Waals surface area contributed by atoms with Gasteiger partial charge in [0.15, 0.2) is 5.82 Å². The topological polar surface area (TPSA) is 132 Å². The van der Waals surface area contributed by atoms with Gasteiger partial charge in [-0.2, -0.15) is 4.98 Å². The zero-order chi connectivity index (χ0) is 31.9. The molecule has 0 atom stereocenters. The number of benzene rings is 2. The fourth-order valence-electron chi connectivity index (χ4n) is 4.18. The number of aromatic nitrogens is 2. The first-order valence-corrected chi connectivity index (χ1v) is 15.6. The number of sulfonamides is 1. The summed E-state index contributed by atoms with van der Waals surface area (Å²) >= 11 is 6.47. The van der Waals surface area contributed by atoms with Crippen molar-refractivity contribution in [3.63, 3.8) is 0 Å². The molecule has 1 heterocycles. The minimum atomic E-state index is -3.54. The zero-order valence-electron chi connectivity index (χ0n) is 25.5. The molecule has 14 heteroatoms. The number of nitrogens with one attached hydrogen (secondary N) is 3. The molecule has 3 aromatic rings. The standard InChI is InChI=1S/C29H39ClN8O4S/c1-9-19-12-11-13-21(27(19)38(6)43(8,40)41)33-28-20(30)18-31-29(35-28)34-23-16-22(32-26(39)10-2)24(17-25(23)42-7)37(5)15-14-36(3)4/h10-13,16-18H,2,9,14-15H2,1,3-8H3,(H,32,39)(H2,31,33,34,35). The van der Waals surface area contributed by atoms with Gasteiger partial charge in [-0.1, -0.05) is 37.2 Å². The number of rotatable bonds is 14. The third kappa shape index (κ3) is 8.49. The lowest BCUT2D eigenvalue weighted by molar-refractivity contribution is -0.111. The van der Waals surface area contributed by atoms with Crippen molar-refractivity contribution in [1.82, 2.24) is 14.9 Å². The second-order valence-corrected chi connectivity index (χ2v) is 12.4. The summed E-state index contributed by atoms with van der Waals surface area (Å²) in [5, 5.41) is 9.42. The van der Waals surface area contributed by atoms with Gasteiger partial charge >= 0.3 is 0 Å². The molecule has 1 amide bonds. The second-order valence-electron chi connectivity index (χ2n) is 10.0. The van der Waals surface area contributed by atoms with Gasteiger partial charge in [0, 0.05) is 33.3 Å². The summed E-state index contributed by atoms with van der Waals surface area (Å²) in [7, 11) is 5.41. The van der Waals surface area contributed by atoms with E-state index in [0.717, 1.165) is 24.1 Å².